The van der Waals surface area contributed by atoms with Crippen molar-refractivity contribution in [3.63, 3.8) is 0 Å². The van der Waals surface area contributed by atoms with E-state index in [-0.39, 0.29) is 5.78 Å². The Labute approximate surface area is 129 Å². The number of nitrogens with zero attached hydrogens (tertiary/aromatic N) is 2. The number of hydrogen-bond acceptors (Lipinski definition) is 3. The van der Waals surface area contributed by atoms with Crippen LogP contribution in [0.25, 0.3) is 5.69 Å². The van der Waals surface area contributed by atoms with Crippen molar-refractivity contribution < 1.29 is 4.79 Å². The highest BCUT2D eigenvalue weighted by molar-refractivity contribution is 9.10. The highest BCUT2D eigenvalue weighted by Gasteiger charge is 2.13. The van der Waals surface area contributed by atoms with Crippen LogP contribution in [0.4, 0.5) is 0 Å². The minimum atomic E-state index is 0.0304. The van der Waals surface area contributed by atoms with Crippen LogP contribution in [0.3, 0.4) is 0 Å². The van der Waals surface area contributed by atoms with Gasteiger partial charge in [-0.2, -0.15) is 5.10 Å². The Bertz CT molecular complexity index is 733. The number of benzene rings is 1. The van der Waals surface area contributed by atoms with Crippen LogP contribution >= 0.6 is 27.3 Å². The van der Waals surface area contributed by atoms with Crippen molar-refractivity contribution in [2.24, 2.45) is 0 Å². The molecule has 1 aromatic carbocycles. The molecule has 5 heteroatoms. The fourth-order valence-corrected chi connectivity index (χ4v) is 3.38. The number of rotatable bonds is 4. The van der Waals surface area contributed by atoms with Crippen LogP contribution in [0.5, 0.6) is 0 Å². The number of thiophene rings is 1. The number of hydrogen-bond donors (Lipinski definition) is 0. The van der Waals surface area contributed by atoms with E-state index < -0.39 is 0 Å². The summed E-state index contributed by atoms with van der Waals surface area (Å²) in [4.78, 5) is 13.3. The lowest BCUT2D eigenvalue weighted by atomic mass is 10.2. The molecule has 0 N–H and O–H groups in total. The molecule has 0 saturated heterocycles. The van der Waals surface area contributed by atoms with Crippen LogP contribution in [-0.4, -0.2) is 15.6 Å². The summed E-state index contributed by atoms with van der Waals surface area (Å²) in [5.41, 5.74) is 1.44. The molecular weight excluding hydrogens is 336 g/mol. The van der Waals surface area contributed by atoms with Crippen molar-refractivity contribution in [2.45, 2.75) is 6.42 Å². The number of carbonyl (C=O) groups is 1. The molecule has 20 heavy (non-hydrogen) atoms. The summed E-state index contributed by atoms with van der Waals surface area (Å²) >= 11 is 5.02. The maximum Gasteiger partial charge on any atom is 0.188 e. The van der Waals surface area contributed by atoms with Gasteiger partial charge in [-0.3, -0.25) is 4.79 Å². The van der Waals surface area contributed by atoms with Crippen LogP contribution in [0, 0.1) is 0 Å². The second-order valence-electron chi connectivity index (χ2n) is 4.27. The Kier molecular flexibility index (Phi) is 3.80. The van der Waals surface area contributed by atoms with Crippen LogP contribution in [0.1, 0.15) is 15.4 Å². The number of Topliss-reactive ketones (excluding diaryl/α,β-unsaturated/α-hetero) is 1. The third-order valence-corrected chi connectivity index (χ3v) is 4.83. The predicted octanol–water partition coefficient (Wildman–Crippen LogP) is 4.12. The van der Waals surface area contributed by atoms with Crippen molar-refractivity contribution in [2.75, 3.05) is 0 Å². The third-order valence-electron chi connectivity index (χ3n) is 2.91. The zero-order valence-corrected chi connectivity index (χ0v) is 12.9. The first-order chi connectivity index (χ1) is 9.74. The fourth-order valence-electron chi connectivity index (χ4n) is 1.88. The normalized spacial score (nSPS) is 10.7. The van der Waals surface area contributed by atoms with Crippen molar-refractivity contribution in [3.8, 4) is 5.69 Å². The first-order valence-corrected chi connectivity index (χ1v) is 7.77. The Hall–Kier alpha value is -1.72. The molecule has 100 valence electrons. The molecule has 3 nitrogen and oxygen atoms in total. The smallest absolute Gasteiger partial charge is 0.188 e. The summed E-state index contributed by atoms with van der Waals surface area (Å²) in [6.45, 7) is 0. The maximum atomic E-state index is 12.2. The lowest BCUT2D eigenvalue weighted by Crippen LogP contribution is -2.05. The van der Waals surface area contributed by atoms with Crippen LogP contribution in [0.2, 0.25) is 0 Å². The molecule has 0 aliphatic carbocycles. The van der Waals surface area contributed by atoms with Gasteiger partial charge in [-0.1, -0.05) is 18.2 Å². The van der Waals surface area contributed by atoms with Crippen molar-refractivity contribution in [1.29, 1.82) is 0 Å². The lowest BCUT2D eigenvalue weighted by molar-refractivity contribution is 0.0988. The van der Waals surface area contributed by atoms with Gasteiger partial charge in [0.1, 0.15) is 5.69 Å². The minimum Gasteiger partial charge on any atom is -0.292 e. The zero-order valence-electron chi connectivity index (χ0n) is 10.5. The van der Waals surface area contributed by atoms with Gasteiger partial charge in [0.05, 0.1) is 5.69 Å². The zero-order chi connectivity index (χ0) is 13.9. The Morgan fingerprint density at radius 2 is 2.00 bits per heavy atom. The van der Waals surface area contributed by atoms with Crippen LogP contribution in [0.15, 0.2) is 58.5 Å². The standard InChI is InChI=1S/C15H11BrN2OS/c16-12-7-9-20-15(12)10-14(19)13-6-8-18(17-13)11-4-2-1-3-5-11/h1-9H,10H2. The molecule has 0 saturated carbocycles. The second kappa shape index (κ2) is 5.73. The van der Waals surface area contributed by atoms with Crippen molar-refractivity contribution >= 4 is 33.0 Å². The van der Waals surface area contributed by atoms with E-state index in [0.717, 1.165) is 15.0 Å². The monoisotopic (exact) mass is 346 g/mol. The average molecular weight is 347 g/mol. The molecule has 0 atom stereocenters. The van der Waals surface area contributed by atoms with E-state index in [1.807, 2.05) is 48.0 Å². The molecule has 0 spiro atoms. The summed E-state index contributed by atoms with van der Waals surface area (Å²) in [6, 6.07) is 13.5. The van der Waals surface area contributed by atoms with Gasteiger partial charge in [0.25, 0.3) is 0 Å². The Morgan fingerprint density at radius 3 is 2.70 bits per heavy atom. The number of para-hydroxylation sites is 1. The second-order valence-corrected chi connectivity index (χ2v) is 6.13. The molecule has 0 aliphatic heterocycles. The van der Waals surface area contributed by atoms with Crippen molar-refractivity contribution in [1.82, 2.24) is 9.78 Å². The summed E-state index contributed by atoms with van der Waals surface area (Å²) in [5, 5.41) is 6.31. The first kappa shape index (κ1) is 13.3. The van der Waals surface area contributed by atoms with E-state index in [9.17, 15) is 4.79 Å². The highest BCUT2D eigenvalue weighted by Crippen LogP contribution is 2.24. The molecule has 2 aromatic heterocycles. The molecule has 2 heterocycles. The molecule has 0 fully saturated rings. The van der Waals surface area contributed by atoms with Crippen LogP contribution < -0.4 is 0 Å². The summed E-state index contributed by atoms with van der Waals surface area (Å²) < 4.78 is 2.70. The largest absolute Gasteiger partial charge is 0.292 e. The van der Waals surface area contributed by atoms with E-state index in [1.165, 1.54) is 0 Å². The van der Waals surface area contributed by atoms with Crippen LogP contribution in [-0.2, 0) is 6.42 Å². The summed E-state index contributed by atoms with van der Waals surface area (Å²) in [7, 11) is 0. The molecule has 0 unspecified atom stereocenters. The van der Waals surface area contributed by atoms with E-state index in [2.05, 4.69) is 21.0 Å². The fraction of sp³-hybridized carbons (Fsp3) is 0.0667. The van der Waals surface area contributed by atoms with Crippen molar-refractivity contribution in [3.05, 3.63) is 69.1 Å². The number of carbonyl (C=O) groups excluding carboxylic acids is 1. The number of halogens is 1. The van der Waals surface area contributed by atoms with Gasteiger partial charge in [-0.05, 0) is 45.6 Å². The average Bonchev–Trinajstić information content (AvgIpc) is 3.10. The Balaban J connectivity index is 1.80. The predicted molar refractivity (Wildman–Crippen MR) is 83.6 cm³/mol. The Morgan fingerprint density at radius 1 is 1.20 bits per heavy atom. The minimum absolute atomic E-state index is 0.0304. The number of aromatic nitrogens is 2. The molecular formula is C15H11BrN2OS. The number of ketones is 1. The first-order valence-electron chi connectivity index (χ1n) is 6.10. The van der Waals surface area contributed by atoms with E-state index in [0.29, 0.717) is 12.1 Å². The highest BCUT2D eigenvalue weighted by atomic mass is 79.9. The molecule has 0 aliphatic rings. The van der Waals surface area contributed by atoms with Gasteiger partial charge in [0.15, 0.2) is 5.78 Å². The van der Waals surface area contributed by atoms with E-state index in [1.54, 1.807) is 22.1 Å². The van der Waals surface area contributed by atoms with E-state index in [4.69, 9.17) is 0 Å². The topological polar surface area (TPSA) is 34.9 Å². The summed E-state index contributed by atoms with van der Waals surface area (Å²) in [6.07, 6.45) is 2.19. The molecule has 3 rings (SSSR count). The van der Waals surface area contributed by atoms with Gasteiger partial charge in [0.2, 0.25) is 0 Å². The lowest BCUT2D eigenvalue weighted by Gasteiger charge is -2.00. The molecule has 0 bridgehead atoms. The quantitative estimate of drug-likeness (QED) is 0.666. The van der Waals surface area contributed by atoms with Gasteiger partial charge in [-0.15, -0.1) is 11.3 Å². The molecule has 0 radical (unpaired) electrons. The van der Waals surface area contributed by atoms with Gasteiger partial charge in [0, 0.05) is 22.0 Å². The third kappa shape index (κ3) is 2.73. The maximum absolute atomic E-state index is 12.2. The van der Waals surface area contributed by atoms with Gasteiger partial charge in [-0.25, -0.2) is 4.68 Å². The summed E-state index contributed by atoms with van der Waals surface area (Å²) in [5.74, 6) is 0.0304. The molecule has 3 aromatic rings. The SMILES string of the molecule is O=C(Cc1sccc1Br)c1ccn(-c2ccccc2)n1. The van der Waals surface area contributed by atoms with Gasteiger partial charge >= 0.3 is 0 Å². The van der Waals surface area contributed by atoms with E-state index >= 15 is 0 Å². The van der Waals surface area contributed by atoms with Gasteiger partial charge < -0.3 is 0 Å². The molecule has 0 amide bonds.